The van der Waals surface area contributed by atoms with Crippen LogP contribution in [-0.4, -0.2) is 49.3 Å². The van der Waals surface area contributed by atoms with E-state index in [1.165, 1.54) is 50.5 Å². The number of rotatable bonds is 14. The molecular weight excluding hydrogens is 708 g/mol. The van der Waals surface area contributed by atoms with Gasteiger partial charge in [0.2, 0.25) is 5.91 Å². The molecule has 0 bridgehead atoms. The number of thiazole rings is 1. The normalized spacial score (nSPS) is 11.7. The summed E-state index contributed by atoms with van der Waals surface area (Å²) in [6.07, 6.45) is 2.05. The second kappa shape index (κ2) is 17.6. The Bertz CT molecular complexity index is 2040. The third-order valence-electron chi connectivity index (χ3n) is 7.47. The summed E-state index contributed by atoms with van der Waals surface area (Å²) < 4.78 is 16.4. The SMILES string of the molecule is CCC(Sc1cccc(NC(=O)/C(=C\c2cc(OC)c(OC)cc2OC)NC(=O)c2ccccc2)c1)C(=O)Nc1nc(-c2ccc(Cl)cc2)cs1. The number of carbonyl (C=O) groups is 3. The Labute approximate surface area is 309 Å². The lowest BCUT2D eigenvalue weighted by Crippen LogP contribution is -2.30. The van der Waals surface area contributed by atoms with Crippen molar-refractivity contribution in [3.63, 3.8) is 0 Å². The monoisotopic (exact) mass is 742 g/mol. The topological polar surface area (TPSA) is 128 Å². The van der Waals surface area contributed by atoms with E-state index in [1.807, 2.05) is 30.5 Å². The summed E-state index contributed by atoms with van der Waals surface area (Å²) in [5, 5.41) is 11.1. The molecule has 0 aliphatic heterocycles. The molecule has 5 rings (SSSR count). The Kier molecular flexibility index (Phi) is 12.7. The van der Waals surface area contributed by atoms with Crippen molar-refractivity contribution in [2.45, 2.75) is 23.5 Å². The van der Waals surface area contributed by atoms with Crippen LogP contribution in [-0.2, 0) is 9.59 Å². The second-order valence-electron chi connectivity index (χ2n) is 10.9. The minimum Gasteiger partial charge on any atom is -0.496 e. The molecule has 262 valence electrons. The molecule has 10 nitrogen and oxygen atoms in total. The third-order valence-corrected chi connectivity index (χ3v) is 9.84. The number of thioether (sulfide) groups is 1. The number of methoxy groups -OCH3 is 3. The van der Waals surface area contributed by atoms with E-state index in [1.54, 1.807) is 72.8 Å². The van der Waals surface area contributed by atoms with Crippen LogP contribution >= 0.6 is 34.7 Å². The van der Waals surface area contributed by atoms with Crippen LogP contribution in [0.1, 0.15) is 29.3 Å². The Hall–Kier alpha value is -5.30. The molecule has 1 heterocycles. The van der Waals surface area contributed by atoms with Crippen LogP contribution in [0, 0.1) is 0 Å². The first-order valence-electron chi connectivity index (χ1n) is 15.7. The Morgan fingerprint density at radius 1 is 0.863 bits per heavy atom. The van der Waals surface area contributed by atoms with Gasteiger partial charge in [-0.2, -0.15) is 0 Å². The van der Waals surface area contributed by atoms with Gasteiger partial charge < -0.3 is 30.2 Å². The van der Waals surface area contributed by atoms with E-state index < -0.39 is 17.1 Å². The number of halogens is 1. The fraction of sp³-hybridized carbons (Fsp3) is 0.158. The molecule has 3 N–H and O–H groups in total. The quantitative estimate of drug-likeness (QED) is 0.0765. The van der Waals surface area contributed by atoms with Crippen molar-refractivity contribution in [3.05, 3.63) is 118 Å². The van der Waals surface area contributed by atoms with E-state index in [-0.39, 0.29) is 11.6 Å². The van der Waals surface area contributed by atoms with Crippen LogP contribution in [0.5, 0.6) is 17.2 Å². The average molecular weight is 743 g/mol. The van der Waals surface area contributed by atoms with Crippen molar-refractivity contribution in [1.82, 2.24) is 10.3 Å². The molecule has 0 aliphatic carbocycles. The van der Waals surface area contributed by atoms with Gasteiger partial charge in [0.15, 0.2) is 16.6 Å². The molecule has 0 saturated heterocycles. The van der Waals surface area contributed by atoms with E-state index in [4.69, 9.17) is 25.8 Å². The zero-order valence-electron chi connectivity index (χ0n) is 28.2. The first kappa shape index (κ1) is 37.0. The third kappa shape index (κ3) is 9.69. The number of anilines is 2. The van der Waals surface area contributed by atoms with Gasteiger partial charge in [-0.05, 0) is 61.0 Å². The van der Waals surface area contributed by atoms with Crippen molar-refractivity contribution in [2.75, 3.05) is 32.0 Å². The number of aromatic nitrogens is 1. The summed E-state index contributed by atoms with van der Waals surface area (Å²) in [5.41, 5.74) is 2.91. The number of hydrogen-bond donors (Lipinski definition) is 3. The lowest BCUT2D eigenvalue weighted by atomic mass is 10.1. The van der Waals surface area contributed by atoms with E-state index in [0.29, 0.717) is 50.6 Å². The molecule has 51 heavy (non-hydrogen) atoms. The molecule has 1 atom stereocenters. The maximum absolute atomic E-state index is 13.8. The molecule has 13 heteroatoms. The molecule has 0 fully saturated rings. The molecule has 0 aliphatic rings. The molecule has 5 aromatic rings. The van der Waals surface area contributed by atoms with Gasteiger partial charge in [0, 0.05) is 43.7 Å². The smallest absolute Gasteiger partial charge is 0.272 e. The van der Waals surface area contributed by atoms with E-state index in [0.717, 1.165) is 16.2 Å². The number of nitrogens with zero attached hydrogens (tertiary/aromatic N) is 1. The summed E-state index contributed by atoms with van der Waals surface area (Å²) in [4.78, 5) is 45.6. The lowest BCUT2D eigenvalue weighted by Gasteiger charge is -2.16. The molecule has 4 aromatic carbocycles. The van der Waals surface area contributed by atoms with Crippen LogP contribution in [0.4, 0.5) is 10.8 Å². The number of carbonyl (C=O) groups excluding carboxylic acids is 3. The summed E-state index contributed by atoms with van der Waals surface area (Å²) in [6, 6.07) is 26.3. The molecule has 0 saturated carbocycles. The van der Waals surface area contributed by atoms with Crippen LogP contribution < -0.4 is 30.2 Å². The Balaban J connectivity index is 1.34. The van der Waals surface area contributed by atoms with Crippen LogP contribution in [0.2, 0.25) is 5.02 Å². The maximum Gasteiger partial charge on any atom is 0.272 e. The minimum atomic E-state index is -0.580. The van der Waals surface area contributed by atoms with Gasteiger partial charge >= 0.3 is 0 Å². The predicted molar refractivity (Wildman–Crippen MR) is 204 cm³/mol. The van der Waals surface area contributed by atoms with Gasteiger partial charge in [-0.3, -0.25) is 14.4 Å². The highest BCUT2D eigenvalue weighted by Crippen LogP contribution is 2.36. The zero-order chi connectivity index (χ0) is 36.3. The highest BCUT2D eigenvalue weighted by molar-refractivity contribution is 8.00. The van der Waals surface area contributed by atoms with Gasteiger partial charge in [-0.15, -0.1) is 23.1 Å². The second-order valence-corrected chi connectivity index (χ2v) is 13.4. The summed E-state index contributed by atoms with van der Waals surface area (Å²) >= 11 is 8.72. The van der Waals surface area contributed by atoms with Gasteiger partial charge in [0.25, 0.3) is 11.8 Å². The number of hydrogen-bond acceptors (Lipinski definition) is 9. The number of ether oxygens (including phenoxy) is 3. The summed E-state index contributed by atoms with van der Waals surface area (Å²) in [6.45, 7) is 1.93. The van der Waals surface area contributed by atoms with Gasteiger partial charge in [0.1, 0.15) is 11.4 Å². The average Bonchev–Trinajstić information content (AvgIpc) is 3.62. The predicted octanol–water partition coefficient (Wildman–Crippen LogP) is 8.41. The van der Waals surface area contributed by atoms with Crippen molar-refractivity contribution < 1.29 is 28.6 Å². The van der Waals surface area contributed by atoms with Crippen molar-refractivity contribution in [3.8, 4) is 28.5 Å². The molecule has 1 unspecified atom stereocenters. The minimum absolute atomic E-state index is 0.0420. The van der Waals surface area contributed by atoms with E-state index >= 15 is 0 Å². The van der Waals surface area contributed by atoms with Crippen LogP contribution in [0.15, 0.2) is 107 Å². The van der Waals surface area contributed by atoms with Gasteiger partial charge in [-0.25, -0.2) is 4.98 Å². The standard InChI is InChI=1S/C38H35ClN4O6S2/c1-5-34(37(46)43-38-42-30(22-50-38)23-14-16-26(39)17-15-23)51-28-13-9-12-27(20-28)40-36(45)29(41-35(44)24-10-7-6-8-11-24)18-25-19-32(48-3)33(49-4)21-31(25)47-2/h6-22,34H,5H2,1-4H3,(H,40,45)(H,41,44)(H,42,43,46)/b29-18+. The molecule has 3 amide bonds. The molecule has 0 spiro atoms. The first-order chi connectivity index (χ1) is 24.7. The Morgan fingerprint density at radius 2 is 1.57 bits per heavy atom. The molecule has 0 radical (unpaired) electrons. The summed E-state index contributed by atoms with van der Waals surface area (Å²) in [5.74, 6) is 0.00418. The number of nitrogens with one attached hydrogen (secondary N) is 3. The van der Waals surface area contributed by atoms with Gasteiger partial charge in [0.05, 0.1) is 32.3 Å². The van der Waals surface area contributed by atoms with Crippen molar-refractivity contribution >= 4 is 69.3 Å². The zero-order valence-corrected chi connectivity index (χ0v) is 30.6. The van der Waals surface area contributed by atoms with Crippen molar-refractivity contribution in [1.29, 1.82) is 0 Å². The molecular formula is C38H35ClN4O6S2. The fourth-order valence-corrected chi connectivity index (χ4v) is 6.73. The summed E-state index contributed by atoms with van der Waals surface area (Å²) in [7, 11) is 4.49. The first-order valence-corrected chi connectivity index (χ1v) is 17.8. The van der Waals surface area contributed by atoms with Crippen LogP contribution in [0.3, 0.4) is 0 Å². The highest BCUT2D eigenvalue weighted by Gasteiger charge is 2.21. The number of benzene rings is 4. The lowest BCUT2D eigenvalue weighted by molar-refractivity contribution is -0.116. The van der Waals surface area contributed by atoms with E-state index in [9.17, 15) is 14.4 Å². The van der Waals surface area contributed by atoms with Gasteiger partial charge in [-0.1, -0.05) is 54.9 Å². The van der Waals surface area contributed by atoms with E-state index in [2.05, 4.69) is 20.9 Å². The fourth-order valence-electron chi connectivity index (χ4n) is 4.87. The maximum atomic E-state index is 13.8. The molecule has 1 aromatic heterocycles. The largest absolute Gasteiger partial charge is 0.496 e. The number of amides is 3. The highest BCUT2D eigenvalue weighted by atomic mass is 35.5. The Morgan fingerprint density at radius 3 is 2.25 bits per heavy atom. The van der Waals surface area contributed by atoms with Crippen molar-refractivity contribution in [2.24, 2.45) is 0 Å². The van der Waals surface area contributed by atoms with Crippen LogP contribution in [0.25, 0.3) is 17.3 Å².